The van der Waals surface area contributed by atoms with E-state index in [2.05, 4.69) is 12.2 Å². The summed E-state index contributed by atoms with van der Waals surface area (Å²) in [6.07, 6.45) is 4.61. The van der Waals surface area contributed by atoms with Crippen LogP contribution in [-0.4, -0.2) is 23.5 Å². The molecule has 25 heavy (non-hydrogen) atoms. The van der Waals surface area contributed by atoms with Gasteiger partial charge in [-0.05, 0) is 47.9 Å². The molecule has 0 aliphatic heterocycles. The Bertz CT molecular complexity index is 788. The van der Waals surface area contributed by atoms with Crippen LogP contribution in [0.5, 0.6) is 0 Å². The Kier molecular flexibility index (Phi) is 4.88. The molecule has 0 radical (unpaired) electrons. The van der Waals surface area contributed by atoms with E-state index in [1.54, 1.807) is 42.5 Å². The molecule has 0 aromatic heterocycles. The Balaban J connectivity index is 1.89. The van der Waals surface area contributed by atoms with Crippen LogP contribution in [0.3, 0.4) is 0 Å². The molecule has 2 aromatic carbocycles. The van der Waals surface area contributed by atoms with Crippen molar-refractivity contribution >= 4 is 11.9 Å². The fourth-order valence-corrected chi connectivity index (χ4v) is 3.52. The van der Waals surface area contributed by atoms with Gasteiger partial charge in [0, 0.05) is 12.1 Å². The molecule has 1 amide bonds. The second-order valence-corrected chi connectivity index (χ2v) is 6.79. The molecule has 0 spiro atoms. The molecular weight excluding hydrogens is 314 g/mol. The van der Waals surface area contributed by atoms with Crippen LogP contribution >= 0.6 is 0 Å². The fourth-order valence-electron chi connectivity index (χ4n) is 3.52. The molecule has 2 N–H and O–H groups in total. The molecule has 130 valence electrons. The summed E-state index contributed by atoms with van der Waals surface area (Å²) in [6.45, 7) is 2.85. The number of hydrogen-bond donors (Lipinski definition) is 2. The van der Waals surface area contributed by atoms with E-state index < -0.39 is 5.97 Å². The molecule has 1 aliphatic rings. The van der Waals surface area contributed by atoms with Crippen molar-refractivity contribution in [2.75, 3.05) is 6.54 Å². The predicted octanol–water partition coefficient (Wildman–Crippen LogP) is 4.36. The Labute approximate surface area is 147 Å². The lowest BCUT2D eigenvalue weighted by molar-refractivity contribution is 0.0697. The first kappa shape index (κ1) is 17.2. The molecular formula is C21H23NO3. The van der Waals surface area contributed by atoms with Crippen LogP contribution in [0.15, 0.2) is 48.5 Å². The van der Waals surface area contributed by atoms with Crippen molar-refractivity contribution < 1.29 is 14.7 Å². The number of carbonyl (C=O) groups is 2. The van der Waals surface area contributed by atoms with Gasteiger partial charge in [0.25, 0.3) is 5.91 Å². The van der Waals surface area contributed by atoms with Crippen LogP contribution in [0, 0.1) is 5.41 Å². The zero-order valence-electron chi connectivity index (χ0n) is 14.4. The summed E-state index contributed by atoms with van der Waals surface area (Å²) >= 11 is 0. The van der Waals surface area contributed by atoms with E-state index in [9.17, 15) is 14.7 Å². The summed E-state index contributed by atoms with van der Waals surface area (Å²) in [5, 5.41) is 12.5. The van der Waals surface area contributed by atoms with Crippen LogP contribution in [0.25, 0.3) is 11.1 Å². The molecule has 0 unspecified atom stereocenters. The van der Waals surface area contributed by atoms with Gasteiger partial charge in [0.05, 0.1) is 5.56 Å². The zero-order valence-corrected chi connectivity index (χ0v) is 14.4. The van der Waals surface area contributed by atoms with Gasteiger partial charge >= 0.3 is 5.97 Å². The summed E-state index contributed by atoms with van der Waals surface area (Å²) in [7, 11) is 0. The SMILES string of the molecule is CCC1(CNC(=O)c2ccccc2-c2ccccc2C(=O)O)CCC1. The Morgan fingerprint density at radius 3 is 2.08 bits per heavy atom. The van der Waals surface area contributed by atoms with Gasteiger partial charge in [0.1, 0.15) is 0 Å². The highest BCUT2D eigenvalue weighted by Crippen LogP contribution is 2.43. The monoisotopic (exact) mass is 337 g/mol. The zero-order chi connectivity index (χ0) is 17.9. The fraction of sp³-hybridized carbons (Fsp3) is 0.333. The maximum atomic E-state index is 12.8. The van der Waals surface area contributed by atoms with Gasteiger partial charge < -0.3 is 10.4 Å². The van der Waals surface area contributed by atoms with Crippen LogP contribution in [0.4, 0.5) is 0 Å². The van der Waals surface area contributed by atoms with E-state index in [4.69, 9.17) is 0 Å². The number of hydrogen-bond acceptors (Lipinski definition) is 2. The predicted molar refractivity (Wildman–Crippen MR) is 97.7 cm³/mol. The topological polar surface area (TPSA) is 66.4 Å². The van der Waals surface area contributed by atoms with Gasteiger partial charge in [-0.1, -0.05) is 49.7 Å². The van der Waals surface area contributed by atoms with E-state index in [-0.39, 0.29) is 16.9 Å². The van der Waals surface area contributed by atoms with Crippen LogP contribution in [-0.2, 0) is 0 Å². The Morgan fingerprint density at radius 1 is 1.00 bits per heavy atom. The number of rotatable bonds is 6. The van der Waals surface area contributed by atoms with E-state index >= 15 is 0 Å². The maximum Gasteiger partial charge on any atom is 0.336 e. The third kappa shape index (κ3) is 3.43. The Hall–Kier alpha value is -2.62. The first-order valence-corrected chi connectivity index (χ1v) is 8.76. The lowest BCUT2D eigenvalue weighted by atomic mass is 9.67. The summed E-state index contributed by atoms with van der Waals surface area (Å²) < 4.78 is 0. The number of amides is 1. The molecule has 0 bridgehead atoms. The molecule has 0 saturated heterocycles. The largest absolute Gasteiger partial charge is 0.478 e. The van der Waals surface area contributed by atoms with Crippen LogP contribution in [0.2, 0.25) is 0 Å². The van der Waals surface area contributed by atoms with E-state index in [0.29, 0.717) is 23.2 Å². The highest BCUT2D eigenvalue weighted by atomic mass is 16.4. The minimum Gasteiger partial charge on any atom is -0.478 e. The van der Waals surface area contributed by atoms with Crippen molar-refractivity contribution in [2.24, 2.45) is 5.41 Å². The first-order chi connectivity index (χ1) is 12.1. The molecule has 1 fully saturated rings. The van der Waals surface area contributed by atoms with Gasteiger partial charge in [-0.3, -0.25) is 4.79 Å². The van der Waals surface area contributed by atoms with Crippen molar-refractivity contribution in [3.63, 3.8) is 0 Å². The minimum absolute atomic E-state index is 0.143. The summed E-state index contributed by atoms with van der Waals surface area (Å²) in [4.78, 5) is 24.3. The molecule has 1 aliphatic carbocycles. The van der Waals surface area contributed by atoms with Crippen LogP contribution in [0.1, 0.15) is 53.3 Å². The molecule has 2 aromatic rings. The van der Waals surface area contributed by atoms with Gasteiger partial charge in [0.2, 0.25) is 0 Å². The smallest absolute Gasteiger partial charge is 0.336 e. The van der Waals surface area contributed by atoms with Crippen molar-refractivity contribution in [1.82, 2.24) is 5.32 Å². The Morgan fingerprint density at radius 2 is 1.56 bits per heavy atom. The van der Waals surface area contributed by atoms with Crippen molar-refractivity contribution in [1.29, 1.82) is 0 Å². The number of aromatic carboxylic acids is 1. The molecule has 3 rings (SSSR count). The molecule has 0 atom stereocenters. The van der Waals surface area contributed by atoms with Gasteiger partial charge in [-0.2, -0.15) is 0 Å². The number of benzene rings is 2. The molecule has 4 heteroatoms. The van der Waals surface area contributed by atoms with E-state index in [0.717, 1.165) is 19.3 Å². The average Bonchev–Trinajstić information content (AvgIpc) is 2.61. The third-order valence-corrected chi connectivity index (χ3v) is 5.41. The molecule has 1 saturated carbocycles. The standard InChI is InChI=1S/C21H23NO3/c1-2-21(12-7-13-21)14-22-19(23)17-10-5-3-8-15(17)16-9-4-6-11-18(16)20(24)25/h3-6,8-11H,2,7,12-14H2,1H3,(H,22,23)(H,24,25). The second-order valence-electron chi connectivity index (χ2n) is 6.79. The van der Waals surface area contributed by atoms with Crippen molar-refractivity contribution in [3.8, 4) is 11.1 Å². The summed E-state index contributed by atoms with van der Waals surface area (Å²) in [5.74, 6) is -1.14. The number of carbonyl (C=O) groups excluding carboxylic acids is 1. The third-order valence-electron chi connectivity index (χ3n) is 5.41. The highest BCUT2D eigenvalue weighted by molar-refractivity contribution is 6.04. The number of carboxylic acids is 1. The van der Waals surface area contributed by atoms with Gasteiger partial charge in [-0.25, -0.2) is 4.79 Å². The average molecular weight is 337 g/mol. The van der Waals surface area contributed by atoms with E-state index in [1.165, 1.54) is 6.42 Å². The summed E-state index contributed by atoms with van der Waals surface area (Å²) in [5.41, 5.74) is 2.17. The van der Waals surface area contributed by atoms with Crippen molar-refractivity contribution in [3.05, 3.63) is 59.7 Å². The quantitative estimate of drug-likeness (QED) is 0.823. The highest BCUT2D eigenvalue weighted by Gasteiger charge is 2.35. The van der Waals surface area contributed by atoms with Gasteiger partial charge in [-0.15, -0.1) is 0 Å². The lowest BCUT2D eigenvalue weighted by Gasteiger charge is -2.41. The number of carboxylic acid groups (broad SMARTS) is 1. The normalized spacial score (nSPS) is 15.2. The van der Waals surface area contributed by atoms with Crippen LogP contribution < -0.4 is 5.32 Å². The lowest BCUT2D eigenvalue weighted by Crippen LogP contribution is -2.41. The van der Waals surface area contributed by atoms with E-state index in [1.807, 2.05) is 6.07 Å². The first-order valence-electron chi connectivity index (χ1n) is 8.76. The summed E-state index contributed by atoms with van der Waals surface area (Å²) in [6, 6.07) is 14.0. The second kappa shape index (κ2) is 7.09. The van der Waals surface area contributed by atoms with Crippen molar-refractivity contribution in [2.45, 2.75) is 32.6 Å². The molecule has 4 nitrogen and oxygen atoms in total. The molecule has 0 heterocycles. The number of nitrogens with one attached hydrogen (secondary N) is 1. The maximum absolute atomic E-state index is 12.8. The van der Waals surface area contributed by atoms with Gasteiger partial charge in [0.15, 0.2) is 0 Å². The minimum atomic E-state index is -0.995.